The zero-order valence-electron chi connectivity index (χ0n) is 15.7. The van der Waals surface area contributed by atoms with Crippen LogP contribution in [0.15, 0.2) is 57.9 Å². The number of nitrogens with zero attached hydrogens (tertiary/aromatic N) is 2. The Hall–Kier alpha value is -2.71. The van der Waals surface area contributed by atoms with E-state index in [1.165, 1.54) is 23.1 Å². The van der Waals surface area contributed by atoms with Gasteiger partial charge in [-0.1, -0.05) is 6.07 Å². The molecule has 0 saturated carbocycles. The van der Waals surface area contributed by atoms with Crippen molar-refractivity contribution in [1.29, 1.82) is 0 Å². The van der Waals surface area contributed by atoms with E-state index >= 15 is 0 Å². The van der Waals surface area contributed by atoms with Crippen LogP contribution in [0.1, 0.15) is 28.0 Å². The SMILES string of the molecule is Cc1cc(C)nc(Sc2ccc(NC(=O)C(C)NC(=O)c3cccs3)cc2)n1. The predicted molar refractivity (Wildman–Crippen MR) is 112 cm³/mol. The van der Waals surface area contributed by atoms with Crippen molar-refractivity contribution < 1.29 is 9.59 Å². The number of carbonyl (C=O) groups excluding carboxylic acids is 2. The fraction of sp³-hybridized carbons (Fsp3) is 0.200. The van der Waals surface area contributed by atoms with E-state index in [0.29, 0.717) is 15.7 Å². The van der Waals surface area contributed by atoms with Crippen LogP contribution in [0.4, 0.5) is 5.69 Å². The second-order valence-electron chi connectivity index (χ2n) is 6.22. The van der Waals surface area contributed by atoms with Crippen molar-refractivity contribution in [2.24, 2.45) is 0 Å². The van der Waals surface area contributed by atoms with E-state index < -0.39 is 6.04 Å². The first kappa shape index (κ1) is 20.0. The number of carbonyl (C=O) groups is 2. The summed E-state index contributed by atoms with van der Waals surface area (Å²) in [5.41, 5.74) is 2.52. The van der Waals surface area contributed by atoms with Gasteiger partial charge in [-0.3, -0.25) is 9.59 Å². The number of nitrogens with one attached hydrogen (secondary N) is 2. The average molecular weight is 413 g/mol. The first-order chi connectivity index (χ1) is 13.4. The number of aromatic nitrogens is 2. The molecular formula is C20H20N4O2S2. The number of hydrogen-bond donors (Lipinski definition) is 2. The molecule has 28 heavy (non-hydrogen) atoms. The number of anilines is 1. The van der Waals surface area contributed by atoms with Gasteiger partial charge in [0, 0.05) is 22.0 Å². The summed E-state index contributed by atoms with van der Waals surface area (Å²) in [6.45, 7) is 5.54. The molecule has 0 bridgehead atoms. The minimum Gasteiger partial charge on any atom is -0.340 e. The van der Waals surface area contributed by atoms with Crippen LogP contribution < -0.4 is 10.6 Å². The van der Waals surface area contributed by atoms with E-state index in [0.717, 1.165) is 16.3 Å². The highest BCUT2D eigenvalue weighted by molar-refractivity contribution is 7.99. The van der Waals surface area contributed by atoms with Gasteiger partial charge in [0.15, 0.2) is 5.16 Å². The molecule has 0 saturated heterocycles. The lowest BCUT2D eigenvalue weighted by molar-refractivity contribution is -0.117. The van der Waals surface area contributed by atoms with Crippen molar-refractivity contribution in [2.45, 2.75) is 36.9 Å². The van der Waals surface area contributed by atoms with E-state index in [2.05, 4.69) is 20.6 Å². The van der Waals surface area contributed by atoms with Gasteiger partial charge in [-0.05, 0) is 74.3 Å². The summed E-state index contributed by atoms with van der Waals surface area (Å²) in [5.74, 6) is -0.527. The van der Waals surface area contributed by atoms with Crippen LogP contribution in [0.5, 0.6) is 0 Å². The Bertz CT molecular complexity index is 952. The fourth-order valence-corrected chi connectivity index (χ4v) is 3.93. The molecule has 0 aliphatic rings. The number of thiophene rings is 1. The minimum atomic E-state index is -0.646. The maximum absolute atomic E-state index is 12.3. The van der Waals surface area contributed by atoms with Gasteiger partial charge in [0.2, 0.25) is 5.91 Å². The molecule has 3 aromatic rings. The maximum Gasteiger partial charge on any atom is 0.261 e. The second-order valence-corrected chi connectivity index (χ2v) is 8.21. The lowest BCUT2D eigenvalue weighted by Crippen LogP contribution is -2.41. The zero-order valence-corrected chi connectivity index (χ0v) is 17.4. The molecule has 8 heteroatoms. The third-order valence-electron chi connectivity index (χ3n) is 3.78. The first-order valence-corrected chi connectivity index (χ1v) is 10.4. The number of rotatable bonds is 6. The second kappa shape index (κ2) is 8.99. The predicted octanol–water partition coefficient (Wildman–Crippen LogP) is 4.06. The average Bonchev–Trinajstić information content (AvgIpc) is 3.17. The highest BCUT2D eigenvalue weighted by Crippen LogP contribution is 2.26. The van der Waals surface area contributed by atoms with Crippen LogP contribution in [-0.2, 0) is 4.79 Å². The normalized spacial score (nSPS) is 11.7. The summed E-state index contributed by atoms with van der Waals surface area (Å²) in [7, 11) is 0. The van der Waals surface area contributed by atoms with Crippen LogP contribution in [0.3, 0.4) is 0 Å². The molecule has 6 nitrogen and oxygen atoms in total. The molecule has 0 radical (unpaired) electrons. The summed E-state index contributed by atoms with van der Waals surface area (Å²) in [5, 5.41) is 8.02. The molecule has 2 aromatic heterocycles. The van der Waals surface area contributed by atoms with Crippen molar-refractivity contribution in [3.05, 3.63) is 64.1 Å². The molecule has 2 N–H and O–H groups in total. The van der Waals surface area contributed by atoms with Crippen LogP contribution in [0.2, 0.25) is 0 Å². The molecule has 0 spiro atoms. The van der Waals surface area contributed by atoms with Crippen molar-refractivity contribution in [1.82, 2.24) is 15.3 Å². The third kappa shape index (κ3) is 5.40. The molecular weight excluding hydrogens is 392 g/mol. The lowest BCUT2D eigenvalue weighted by Gasteiger charge is -2.14. The van der Waals surface area contributed by atoms with E-state index in [-0.39, 0.29) is 11.8 Å². The van der Waals surface area contributed by atoms with Crippen molar-refractivity contribution in [2.75, 3.05) is 5.32 Å². The van der Waals surface area contributed by atoms with Gasteiger partial charge in [-0.2, -0.15) is 0 Å². The number of benzene rings is 1. The van der Waals surface area contributed by atoms with Gasteiger partial charge >= 0.3 is 0 Å². The largest absolute Gasteiger partial charge is 0.340 e. The van der Waals surface area contributed by atoms with Crippen LogP contribution in [-0.4, -0.2) is 27.8 Å². The van der Waals surface area contributed by atoms with E-state index in [9.17, 15) is 9.59 Å². The van der Waals surface area contributed by atoms with E-state index in [4.69, 9.17) is 0 Å². The first-order valence-electron chi connectivity index (χ1n) is 8.66. The van der Waals surface area contributed by atoms with Crippen LogP contribution in [0, 0.1) is 13.8 Å². The van der Waals surface area contributed by atoms with Gasteiger partial charge < -0.3 is 10.6 Å². The Morgan fingerprint density at radius 3 is 2.36 bits per heavy atom. The molecule has 1 unspecified atom stereocenters. The molecule has 0 aliphatic heterocycles. The molecule has 144 valence electrons. The Morgan fingerprint density at radius 1 is 1.07 bits per heavy atom. The van der Waals surface area contributed by atoms with Gasteiger partial charge in [-0.25, -0.2) is 9.97 Å². The van der Waals surface area contributed by atoms with Gasteiger partial charge in [-0.15, -0.1) is 11.3 Å². The van der Waals surface area contributed by atoms with E-state index in [1.807, 2.05) is 49.6 Å². The van der Waals surface area contributed by atoms with E-state index in [1.54, 1.807) is 19.1 Å². The molecule has 0 fully saturated rings. The van der Waals surface area contributed by atoms with Gasteiger partial charge in [0.25, 0.3) is 5.91 Å². The quantitative estimate of drug-likeness (QED) is 0.597. The van der Waals surface area contributed by atoms with Crippen LogP contribution in [0.25, 0.3) is 0 Å². The molecule has 1 aromatic carbocycles. The fourth-order valence-electron chi connectivity index (χ4n) is 2.44. The molecule has 2 heterocycles. The molecule has 1 atom stereocenters. The Labute approximate surface area is 171 Å². The monoisotopic (exact) mass is 412 g/mol. The smallest absolute Gasteiger partial charge is 0.261 e. The summed E-state index contributed by atoms with van der Waals surface area (Å²) in [6, 6.07) is 12.2. The standard InChI is InChI=1S/C20H20N4O2S2/c1-12-11-13(2)22-20(21-12)28-16-8-6-15(7-9-16)24-18(25)14(3)23-19(26)17-5-4-10-27-17/h4-11,14H,1-3H3,(H,23,26)(H,24,25). The summed E-state index contributed by atoms with van der Waals surface area (Å²) < 4.78 is 0. The zero-order chi connectivity index (χ0) is 20.1. The van der Waals surface area contributed by atoms with Crippen molar-refractivity contribution in [3.8, 4) is 0 Å². The third-order valence-corrected chi connectivity index (χ3v) is 5.52. The Morgan fingerprint density at radius 2 is 1.75 bits per heavy atom. The molecule has 3 rings (SSSR count). The van der Waals surface area contributed by atoms with Gasteiger partial charge in [0.1, 0.15) is 6.04 Å². The number of aryl methyl sites for hydroxylation is 2. The van der Waals surface area contributed by atoms with Crippen molar-refractivity contribution >= 4 is 40.6 Å². The summed E-state index contributed by atoms with van der Waals surface area (Å²) in [6.07, 6.45) is 0. The maximum atomic E-state index is 12.3. The number of amides is 2. The van der Waals surface area contributed by atoms with Gasteiger partial charge in [0.05, 0.1) is 4.88 Å². The molecule has 2 amide bonds. The van der Waals surface area contributed by atoms with Crippen LogP contribution >= 0.6 is 23.1 Å². The highest BCUT2D eigenvalue weighted by Gasteiger charge is 2.17. The molecule has 0 aliphatic carbocycles. The Kier molecular flexibility index (Phi) is 6.43. The summed E-state index contributed by atoms with van der Waals surface area (Å²) >= 11 is 2.80. The Balaban J connectivity index is 1.57. The number of hydrogen-bond acceptors (Lipinski definition) is 6. The van der Waals surface area contributed by atoms with Crippen molar-refractivity contribution in [3.63, 3.8) is 0 Å². The highest BCUT2D eigenvalue weighted by atomic mass is 32.2. The topological polar surface area (TPSA) is 84.0 Å². The lowest BCUT2D eigenvalue weighted by atomic mass is 10.2. The minimum absolute atomic E-state index is 0.252. The summed E-state index contributed by atoms with van der Waals surface area (Å²) in [4.78, 5) is 34.7.